The van der Waals surface area contributed by atoms with Crippen LogP contribution in [0.15, 0.2) is 101 Å². The number of alkyl halides is 3. The highest BCUT2D eigenvalue weighted by Gasteiger charge is 2.30. The topological polar surface area (TPSA) is 139 Å². The Labute approximate surface area is 295 Å². The molecule has 1 amide bonds. The molecule has 0 aliphatic carbocycles. The molecule has 0 spiro atoms. The summed E-state index contributed by atoms with van der Waals surface area (Å²) in [4.78, 5) is 21.4. The Bertz CT molecular complexity index is 2030. The SMILES string of the molecule is NNC(=O)C(=Cc1ccc(OCc2cccc(C(F)(F)F)c2)cc1O)N1CCN(Cc2nc(-c3ccccc3COc3ccc(F)cc3)no2)CC1. The number of benzene rings is 4. The minimum absolute atomic E-state index is 0.143. The summed E-state index contributed by atoms with van der Waals surface area (Å²) in [5.74, 6) is 5.97. The van der Waals surface area contributed by atoms with Crippen molar-refractivity contribution in [2.45, 2.75) is 25.9 Å². The fourth-order valence-electron chi connectivity index (χ4n) is 5.58. The Morgan fingerprint density at radius 1 is 0.923 bits per heavy atom. The van der Waals surface area contributed by atoms with E-state index in [-0.39, 0.29) is 36.2 Å². The van der Waals surface area contributed by atoms with Gasteiger partial charge in [-0.15, -0.1) is 0 Å². The van der Waals surface area contributed by atoms with Crippen molar-refractivity contribution in [3.8, 4) is 28.6 Å². The van der Waals surface area contributed by atoms with Crippen LogP contribution in [-0.4, -0.2) is 57.1 Å². The largest absolute Gasteiger partial charge is 0.507 e. The number of hydrogen-bond acceptors (Lipinski definition) is 10. The lowest BCUT2D eigenvalue weighted by Crippen LogP contribution is -2.48. The van der Waals surface area contributed by atoms with Gasteiger partial charge in [0.2, 0.25) is 11.7 Å². The highest BCUT2D eigenvalue weighted by atomic mass is 19.4. The number of amides is 1. The first-order valence-corrected chi connectivity index (χ1v) is 16.2. The summed E-state index contributed by atoms with van der Waals surface area (Å²) in [7, 11) is 0. The van der Waals surface area contributed by atoms with E-state index in [0.717, 1.165) is 23.3 Å². The van der Waals surface area contributed by atoms with Gasteiger partial charge in [0.05, 0.1) is 12.1 Å². The minimum atomic E-state index is -4.47. The van der Waals surface area contributed by atoms with E-state index in [1.54, 1.807) is 18.2 Å². The van der Waals surface area contributed by atoms with E-state index in [1.807, 2.05) is 29.2 Å². The van der Waals surface area contributed by atoms with Crippen molar-refractivity contribution in [3.05, 3.63) is 131 Å². The Morgan fingerprint density at radius 3 is 2.38 bits per heavy atom. The molecule has 15 heteroatoms. The van der Waals surface area contributed by atoms with Gasteiger partial charge in [0.1, 0.15) is 42.0 Å². The Kier molecular flexibility index (Phi) is 11.0. The molecule has 2 heterocycles. The second-order valence-corrected chi connectivity index (χ2v) is 11.9. The monoisotopic (exact) mass is 718 g/mol. The van der Waals surface area contributed by atoms with Gasteiger partial charge in [-0.1, -0.05) is 41.6 Å². The predicted octanol–water partition coefficient (Wildman–Crippen LogP) is 5.91. The van der Waals surface area contributed by atoms with E-state index in [0.29, 0.717) is 61.3 Å². The Morgan fingerprint density at radius 2 is 1.65 bits per heavy atom. The minimum Gasteiger partial charge on any atom is -0.507 e. The molecular formula is C37H34F4N6O5. The summed E-state index contributed by atoms with van der Waals surface area (Å²) in [5, 5.41) is 14.9. The number of nitrogens with two attached hydrogens (primary N) is 1. The number of hydrogen-bond donors (Lipinski definition) is 3. The molecule has 4 N–H and O–H groups in total. The maximum absolute atomic E-state index is 13.3. The first-order valence-electron chi connectivity index (χ1n) is 16.2. The number of piperazine rings is 1. The number of rotatable bonds is 12. The van der Waals surface area contributed by atoms with E-state index in [2.05, 4.69) is 20.5 Å². The lowest BCUT2D eigenvalue weighted by molar-refractivity contribution is -0.137. The molecule has 1 saturated heterocycles. The molecule has 1 fully saturated rings. The average Bonchev–Trinajstić information content (AvgIpc) is 3.61. The van der Waals surface area contributed by atoms with Crippen molar-refractivity contribution >= 4 is 12.0 Å². The number of carbonyl (C=O) groups is 1. The number of aromatic hydroxyl groups is 1. The number of carbonyl (C=O) groups excluding carboxylic acids is 1. The van der Waals surface area contributed by atoms with Crippen LogP contribution in [0, 0.1) is 5.82 Å². The normalized spacial score (nSPS) is 13.9. The second kappa shape index (κ2) is 16.0. The molecule has 1 aromatic heterocycles. The van der Waals surface area contributed by atoms with Gasteiger partial charge in [0.15, 0.2) is 0 Å². The van der Waals surface area contributed by atoms with Crippen LogP contribution in [0.3, 0.4) is 0 Å². The number of ether oxygens (including phenoxy) is 2. The molecular weight excluding hydrogens is 684 g/mol. The van der Waals surface area contributed by atoms with Gasteiger partial charge < -0.3 is 24.0 Å². The van der Waals surface area contributed by atoms with E-state index in [4.69, 9.17) is 19.8 Å². The molecule has 0 atom stereocenters. The van der Waals surface area contributed by atoms with E-state index in [1.165, 1.54) is 42.5 Å². The number of nitrogens with one attached hydrogen (secondary N) is 1. The third kappa shape index (κ3) is 9.04. The van der Waals surface area contributed by atoms with Crippen LogP contribution in [0.2, 0.25) is 0 Å². The molecule has 52 heavy (non-hydrogen) atoms. The van der Waals surface area contributed by atoms with E-state index < -0.39 is 17.6 Å². The summed E-state index contributed by atoms with van der Waals surface area (Å²) in [6, 6.07) is 22.5. The summed E-state index contributed by atoms with van der Waals surface area (Å²) in [6.45, 7) is 2.44. The van der Waals surface area contributed by atoms with Crippen molar-refractivity contribution < 1.29 is 41.5 Å². The lowest BCUT2D eigenvalue weighted by Gasteiger charge is -2.36. The van der Waals surface area contributed by atoms with Crippen LogP contribution in [0.25, 0.3) is 17.5 Å². The van der Waals surface area contributed by atoms with Gasteiger partial charge in [-0.3, -0.25) is 15.1 Å². The fraction of sp³-hybridized carbons (Fsp3) is 0.216. The van der Waals surface area contributed by atoms with Crippen LogP contribution in [0.4, 0.5) is 17.6 Å². The molecule has 11 nitrogen and oxygen atoms in total. The van der Waals surface area contributed by atoms with Crippen molar-refractivity contribution in [2.75, 3.05) is 26.2 Å². The smallest absolute Gasteiger partial charge is 0.416 e. The van der Waals surface area contributed by atoms with Crippen molar-refractivity contribution in [1.82, 2.24) is 25.4 Å². The molecule has 4 aromatic carbocycles. The summed E-state index contributed by atoms with van der Waals surface area (Å²) < 4.78 is 69.4. The van der Waals surface area contributed by atoms with Gasteiger partial charge in [-0.25, -0.2) is 10.2 Å². The lowest BCUT2D eigenvalue weighted by atomic mass is 10.1. The first-order chi connectivity index (χ1) is 25.1. The number of phenolic OH excluding ortho intramolecular Hbond substituents is 1. The summed E-state index contributed by atoms with van der Waals surface area (Å²) >= 11 is 0. The number of hydrazine groups is 1. The highest BCUT2D eigenvalue weighted by Crippen LogP contribution is 2.31. The molecule has 6 rings (SSSR count). The number of nitrogens with zero attached hydrogens (tertiary/aromatic N) is 4. The van der Waals surface area contributed by atoms with Crippen molar-refractivity contribution in [1.29, 1.82) is 0 Å². The molecule has 5 aromatic rings. The zero-order valence-electron chi connectivity index (χ0n) is 27.6. The van der Waals surface area contributed by atoms with Crippen LogP contribution in [0.5, 0.6) is 17.2 Å². The van der Waals surface area contributed by atoms with Crippen molar-refractivity contribution in [3.63, 3.8) is 0 Å². The van der Waals surface area contributed by atoms with Crippen LogP contribution >= 0.6 is 0 Å². The molecule has 0 radical (unpaired) electrons. The maximum atomic E-state index is 13.3. The van der Waals surface area contributed by atoms with Gasteiger partial charge in [-0.2, -0.15) is 18.2 Å². The molecule has 0 saturated carbocycles. The molecule has 1 aliphatic rings. The molecule has 0 unspecified atom stereocenters. The maximum Gasteiger partial charge on any atom is 0.416 e. The van der Waals surface area contributed by atoms with Gasteiger partial charge in [-0.05, 0) is 60.2 Å². The standard InChI is InChI=1S/C37H34F4N6O5/c38-28-9-12-29(13-10-28)51-23-26-5-1-2-7-31(26)35-43-34(52-45-35)21-46-14-16-47(17-15-46)32(36(49)44-42)19-25-8-11-30(20-33(25)48)50-22-24-4-3-6-27(18-24)37(39,40)41/h1-13,18-20,48H,14-17,21-23,42H2,(H,44,49). The summed E-state index contributed by atoms with van der Waals surface area (Å²) in [5.41, 5.74) is 3.80. The number of aromatic nitrogens is 2. The molecule has 0 bridgehead atoms. The Hall–Kier alpha value is -5.93. The van der Waals surface area contributed by atoms with Crippen LogP contribution in [0.1, 0.15) is 28.1 Å². The van der Waals surface area contributed by atoms with Crippen LogP contribution in [-0.2, 0) is 30.7 Å². The zero-order chi connectivity index (χ0) is 36.7. The van der Waals surface area contributed by atoms with Gasteiger partial charge in [0, 0.05) is 48.9 Å². The van der Waals surface area contributed by atoms with Gasteiger partial charge >= 0.3 is 6.18 Å². The third-order valence-electron chi connectivity index (χ3n) is 8.32. The fourth-order valence-corrected chi connectivity index (χ4v) is 5.58. The summed E-state index contributed by atoms with van der Waals surface area (Å²) in [6.07, 6.45) is -2.97. The van der Waals surface area contributed by atoms with E-state index in [9.17, 15) is 27.5 Å². The highest BCUT2D eigenvalue weighted by molar-refractivity contribution is 5.97. The predicted molar refractivity (Wildman–Crippen MR) is 182 cm³/mol. The van der Waals surface area contributed by atoms with Gasteiger partial charge in [0.25, 0.3) is 5.91 Å². The Balaban J connectivity index is 1.06. The molecule has 1 aliphatic heterocycles. The number of halogens is 4. The van der Waals surface area contributed by atoms with Crippen molar-refractivity contribution in [2.24, 2.45) is 5.84 Å². The second-order valence-electron chi connectivity index (χ2n) is 11.9. The quantitative estimate of drug-likeness (QED) is 0.0470. The van der Waals surface area contributed by atoms with Crippen LogP contribution < -0.4 is 20.7 Å². The van der Waals surface area contributed by atoms with E-state index >= 15 is 0 Å². The molecule has 270 valence electrons. The average molecular weight is 719 g/mol. The first kappa shape index (κ1) is 35.9. The third-order valence-corrected chi connectivity index (χ3v) is 8.32. The number of phenols is 1. The zero-order valence-corrected chi connectivity index (χ0v) is 27.6.